The van der Waals surface area contributed by atoms with E-state index in [1.54, 1.807) is 0 Å². The van der Waals surface area contributed by atoms with Crippen molar-refractivity contribution in [3.63, 3.8) is 0 Å². The van der Waals surface area contributed by atoms with E-state index < -0.39 is 0 Å². The monoisotopic (exact) mass is 217 g/mol. The van der Waals surface area contributed by atoms with Gasteiger partial charge in [-0.3, -0.25) is 0 Å². The van der Waals surface area contributed by atoms with Gasteiger partial charge in [0.05, 0.1) is 0 Å². The number of likely N-dealkylation sites (tertiary alicyclic amines) is 1. The SMILES string of the molecule is Cc1ccc([C@@H]2CN(C)C[C@H]2C(C)C)cc1. The molecule has 1 aromatic rings. The molecule has 88 valence electrons. The number of benzene rings is 1. The molecule has 0 N–H and O–H groups in total. The molecule has 0 spiro atoms. The van der Waals surface area contributed by atoms with Gasteiger partial charge in [-0.2, -0.15) is 0 Å². The molecule has 0 unspecified atom stereocenters. The van der Waals surface area contributed by atoms with E-state index in [1.807, 2.05) is 0 Å². The second-order valence-corrected chi connectivity index (χ2v) is 5.65. The van der Waals surface area contributed by atoms with Crippen LogP contribution in [0.1, 0.15) is 30.9 Å². The fraction of sp³-hybridized carbons (Fsp3) is 0.600. The summed E-state index contributed by atoms with van der Waals surface area (Å²) in [7, 11) is 2.24. The molecule has 1 aliphatic rings. The minimum atomic E-state index is 0.727. The molecule has 1 saturated heterocycles. The van der Waals surface area contributed by atoms with E-state index in [0.29, 0.717) is 0 Å². The fourth-order valence-corrected chi connectivity index (χ4v) is 2.87. The topological polar surface area (TPSA) is 3.24 Å². The summed E-state index contributed by atoms with van der Waals surface area (Å²) in [5.41, 5.74) is 2.88. The summed E-state index contributed by atoms with van der Waals surface area (Å²) in [4.78, 5) is 2.47. The molecule has 1 aliphatic heterocycles. The van der Waals surface area contributed by atoms with Crippen LogP contribution in [0.3, 0.4) is 0 Å². The van der Waals surface area contributed by atoms with Crippen LogP contribution < -0.4 is 0 Å². The highest BCUT2D eigenvalue weighted by atomic mass is 15.1. The van der Waals surface area contributed by atoms with Gasteiger partial charge < -0.3 is 4.90 Å². The molecule has 0 radical (unpaired) electrons. The molecule has 1 fully saturated rings. The van der Waals surface area contributed by atoms with E-state index in [9.17, 15) is 0 Å². The van der Waals surface area contributed by atoms with E-state index in [4.69, 9.17) is 0 Å². The summed E-state index contributed by atoms with van der Waals surface area (Å²) in [5.74, 6) is 2.31. The third-order valence-corrected chi connectivity index (χ3v) is 3.91. The van der Waals surface area contributed by atoms with Gasteiger partial charge in [0.1, 0.15) is 0 Å². The Bertz CT molecular complexity index is 339. The van der Waals surface area contributed by atoms with Gasteiger partial charge in [0, 0.05) is 19.0 Å². The summed E-state index contributed by atoms with van der Waals surface area (Å²) in [6.45, 7) is 9.32. The largest absolute Gasteiger partial charge is 0.305 e. The van der Waals surface area contributed by atoms with Crippen molar-refractivity contribution >= 4 is 0 Å². The first-order valence-corrected chi connectivity index (χ1v) is 6.33. The van der Waals surface area contributed by atoms with Crippen LogP contribution in [0.5, 0.6) is 0 Å². The Hall–Kier alpha value is -0.820. The van der Waals surface area contributed by atoms with Gasteiger partial charge in [-0.05, 0) is 31.4 Å². The van der Waals surface area contributed by atoms with Gasteiger partial charge in [-0.15, -0.1) is 0 Å². The average molecular weight is 217 g/mol. The Balaban J connectivity index is 2.22. The quantitative estimate of drug-likeness (QED) is 0.734. The zero-order valence-corrected chi connectivity index (χ0v) is 10.9. The maximum atomic E-state index is 2.47. The third kappa shape index (κ3) is 2.30. The number of aryl methyl sites for hydroxylation is 1. The Morgan fingerprint density at radius 1 is 1.12 bits per heavy atom. The van der Waals surface area contributed by atoms with Gasteiger partial charge in [0.2, 0.25) is 0 Å². The predicted molar refractivity (Wildman–Crippen MR) is 69.7 cm³/mol. The van der Waals surface area contributed by atoms with Crippen LogP contribution in [0.25, 0.3) is 0 Å². The predicted octanol–water partition coefficient (Wildman–Crippen LogP) is 3.30. The molecule has 1 heterocycles. The number of likely N-dealkylation sites (N-methyl/N-ethyl adjacent to an activating group) is 1. The summed E-state index contributed by atoms with van der Waals surface area (Å²) in [6, 6.07) is 9.11. The highest BCUT2D eigenvalue weighted by Crippen LogP contribution is 2.36. The smallest absolute Gasteiger partial charge is 0.00506 e. The molecule has 0 aromatic heterocycles. The van der Waals surface area contributed by atoms with E-state index in [1.165, 1.54) is 24.2 Å². The van der Waals surface area contributed by atoms with Crippen molar-refractivity contribution in [2.24, 2.45) is 11.8 Å². The zero-order valence-electron chi connectivity index (χ0n) is 10.9. The third-order valence-electron chi connectivity index (χ3n) is 3.91. The van der Waals surface area contributed by atoms with Gasteiger partial charge in [-0.25, -0.2) is 0 Å². The molecular weight excluding hydrogens is 194 g/mol. The van der Waals surface area contributed by atoms with Crippen molar-refractivity contribution in [2.75, 3.05) is 20.1 Å². The van der Waals surface area contributed by atoms with Crippen molar-refractivity contribution in [2.45, 2.75) is 26.7 Å². The fourth-order valence-electron chi connectivity index (χ4n) is 2.87. The summed E-state index contributed by atoms with van der Waals surface area (Å²) < 4.78 is 0. The molecule has 0 bridgehead atoms. The van der Waals surface area contributed by atoms with Crippen LogP contribution in [0.15, 0.2) is 24.3 Å². The van der Waals surface area contributed by atoms with Gasteiger partial charge >= 0.3 is 0 Å². The summed E-state index contributed by atoms with van der Waals surface area (Å²) in [5, 5.41) is 0. The summed E-state index contributed by atoms with van der Waals surface area (Å²) in [6.07, 6.45) is 0. The van der Waals surface area contributed by atoms with Crippen LogP contribution in [0, 0.1) is 18.8 Å². The lowest BCUT2D eigenvalue weighted by atomic mass is 9.82. The van der Waals surface area contributed by atoms with Crippen molar-refractivity contribution in [1.29, 1.82) is 0 Å². The zero-order chi connectivity index (χ0) is 11.7. The number of hydrogen-bond donors (Lipinski definition) is 0. The van der Waals surface area contributed by atoms with Crippen LogP contribution in [0.2, 0.25) is 0 Å². The molecule has 0 saturated carbocycles. The van der Waals surface area contributed by atoms with Crippen LogP contribution >= 0.6 is 0 Å². The molecule has 2 atom stereocenters. The van der Waals surface area contributed by atoms with Crippen molar-refractivity contribution < 1.29 is 0 Å². The van der Waals surface area contributed by atoms with Crippen LogP contribution in [-0.4, -0.2) is 25.0 Å². The Labute approximate surface area is 99.5 Å². The molecule has 0 aliphatic carbocycles. The molecule has 2 rings (SSSR count). The summed E-state index contributed by atoms with van der Waals surface area (Å²) >= 11 is 0. The van der Waals surface area contributed by atoms with E-state index in [2.05, 4.69) is 57.0 Å². The maximum absolute atomic E-state index is 2.47. The molecular formula is C15H23N. The van der Waals surface area contributed by atoms with Gasteiger partial charge in [0.25, 0.3) is 0 Å². The number of rotatable bonds is 2. The lowest BCUT2D eigenvalue weighted by Gasteiger charge is -2.22. The minimum absolute atomic E-state index is 0.727. The van der Waals surface area contributed by atoms with E-state index in [0.717, 1.165) is 17.8 Å². The lowest BCUT2D eigenvalue weighted by molar-refractivity contribution is 0.344. The highest BCUT2D eigenvalue weighted by molar-refractivity contribution is 5.26. The van der Waals surface area contributed by atoms with Crippen LogP contribution in [0.4, 0.5) is 0 Å². The van der Waals surface area contributed by atoms with Gasteiger partial charge in [-0.1, -0.05) is 43.7 Å². The Morgan fingerprint density at radius 2 is 1.75 bits per heavy atom. The van der Waals surface area contributed by atoms with Gasteiger partial charge in [0.15, 0.2) is 0 Å². The first-order valence-electron chi connectivity index (χ1n) is 6.33. The Morgan fingerprint density at radius 3 is 2.31 bits per heavy atom. The number of nitrogens with zero attached hydrogens (tertiary/aromatic N) is 1. The highest BCUT2D eigenvalue weighted by Gasteiger charge is 2.33. The van der Waals surface area contributed by atoms with Crippen molar-refractivity contribution in [3.05, 3.63) is 35.4 Å². The maximum Gasteiger partial charge on any atom is 0.00506 e. The second-order valence-electron chi connectivity index (χ2n) is 5.65. The van der Waals surface area contributed by atoms with E-state index >= 15 is 0 Å². The molecule has 16 heavy (non-hydrogen) atoms. The second kappa shape index (κ2) is 4.58. The van der Waals surface area contributed by atoms with Crippen molar-refractivity contribution in [3.8, 4) is 0 Å². The molecule has 1 nitrogen and oxygen atoms in total. The first kappa shape index (κ1) is 11.7. The number of hydrogen-bond acceptors (Lipinski definition) is 1. The average Bonchev–Trinajstić information content (AvgIpc) is 2.61. The van der Waals surface area contributed by atoms with Crippen LogP contribution in [-0.2, 0) is 0 Å². The minimum Gasteiger partial charge on any atom is -0.305 e. The molecule has 0 amide bonds. The van der Waals surface area contributed by atoms with Crippen molar-refractivity contribution in [1.82, 2.24) is 4.90 Å². The lowest BCUT2D eigenvalue weighted by Crippen LogP contribution is -2.17. The van der Waals surface area contributed by atoms with E-state index in [-0.39, 0.29) is 0 Å². The first-order chi connectivity index (χ1) is 7.58. The molecule has 1 aromatic carbocycles. The Kier molecular flexibility index (Phi) is 3.34. The normalized spacial score (nSPS) is 26.6. The molecule has 1 heteroatoms. The standard InChI is InChI=1S/C15H23N/c1-11(2)14-9-16(4)10-15(14)13-7-5-12(3)6-8-13/h5-8,11,14-15H,9-10H2,1-4H3/t14-,15-/m0/s1.